The number of fused-ring (bicyclic) bond motifs is 1. The molecule has 1 aromatic heterocycles. The molecule has 5 rings (SSSR count). The topological polar surface area (TPSA) is 98.1 Å². The number of unbranched alkanes of at least 4 members (excludes halogenated alkanes) is 1. The normalized spacial score (nSPS) is 14.4. The second-order valence-electron chi connectivity index (χ2n) is 11.6. The van der Waals surface area contributed by atoms with Crippen molar-refractivity contribution in [1.29, 1.82) is 0 Å². The van der Waals surface area contributed by atoms with E-state index in [4.69, 9.17) is 4.98 Å². The summed E-state index contributed by atoms with van der Waals surface area (Å²) in [7, 11) is -4.04. The number of carbonyl (C=O) groups excluding carboxylic acids is 1. The maximum absolute atomic E-state index is 13.7. The number of rotatable bonds is 10. The number of hydrogen-bond acceptors (Lipinski definition) is 5. The molecule has 0 radical (unpaired) electrons. The maximum atomic E-state index is 13.7. The summed E-state index contributed by atoms with van der Waals surface area (Å²) in [6, 6.07) is 20.2. The third-order valence-electron chi connectivity index (χ3n) is 8.04. The van der Waals surface area contributed by atoms with Crippen molar-refractivity contribution in [3.63, 3.8) is 0 Å². The average molecular weight is 572 g/mol. The molecule has 0 spiro atoms. The minimum absolute atomic E-state index is 0.0516. The molecule has 1 aliphatic carbocycles. The molecule has 8 heteroatoms. The molecule has 0 aliphatic heterocycles. The van der Waals surface area contributed by atoms with Crippen LogP contribution < -0.4 is 10.3 Å². The summed E-state index contributed by atoms with van der Waals surface area (Å²) in [5, 5.41) is 0.620. The van der Waals surface area contributed by atoms with E-state index in [0.717, 1.165) is 35.3 Å². The largest absolute Gasteiger partial charge is 0.292 e. The lowest BCUT2D eigenvalue weighted by Crippen LogP contribution is -2.35. The Labute approximate surface area is 241 Å². The highest BCUT2D eigenvalue weighted by atomic mass is 32.2. The van der Waals surface area contributed by atoms with E-state index in [1.54, 1.807) is 29.7 Å². The van der Waals surface area contributed by atoms with Gasteiger partial charge in [0.25, 0.3) is 15.6 Å². The highest BCUT2D eigenvalue weighted by Gasteiger charge is 2.46. The van der Waals surface area contributed by atoms with Crippen molar-refractivity contribution in [1.82, 2.24) is 14.3 Å². The Hall–Kier alpha value is -3.78. The Balaban J connectivity index is 1.47. The van der Waals surface area contributed by atoms with Crippen molar-refractivity contribution in [2.75, 3.05) is 0 Å². The summed E-state index contributed by atoms with van der Waals surface area (Å²) in [4.78, 5) is 31.2. The number of benzene rings is 3. The second-order valence-corrected chi connectivity index (χ2v) is 13.3. The summed E-state index contributed by atoms with van der Waals surface area (Å²) in [5.41, 5.74) is 3.29. The number of amides is 1. The molecule has 1 N–H and O–H groups in total. The van der Waals surface area contributed by atoms with Crippen LogP contribution in [-0.4, -0.2) is 23.9 Å². The van der Waals surface area contributed by atoms with Crippen LogP contribution in [0.4, 0.5) is 0 Å². The number of sulfonamides is 1. The number of hydrogen-bond donors (Lipinski definition) is 1. The first-order valence-electron chi connectivity index (χ1n) is 14.3. The fourth-order valence-corrected chi connectivity index (χ4v) is 6.29. The number of aryl methyl sites for hydroxylation is 1. The zero-order valence-corrected chi connectivity index (χ0v) is 24.9. The molecule has 1 aliphatic rings. The minimum Gasteiger partial charge on any atom is -0.292 e. The molecule has 4 aromatic rings. The van der Waals surface area contributed by atoms with Gasteiger partial charge in [0, 0.05) is 17.4 Å². The summed E-state index contributed by atoms with van der Waals surface area (Å²) >= 11 is 0. The highest BCUT2D eigenvalue weighted by Crippen LogP contribution is 2.45. The van der Waals surface area contributed by atoms with Gasteiger partial charge in [0.1, 0.15) is 5.82 Å². The fraction of sp³-hybridized carbons (Fsp3) is 0.364. The number of nitrogens with one attached hydrogen (secondary N) is 1. The average Bonchev–Trinajstić information content (AvgIpc) is 3.72. The van der Waals surface area contributed by atoms with Gasteiger partial charge in [-0.3, -0.25) is 14.2 Å². The van der Waals surface area contributed by atoms with Gasteiger partial charge in [-0.05, 0) is 60.1 Å². The van der Waals surface area contributed by atoms with Gasteiger partial charge in [-0.15, -0.1) is 0 Å². The van der Waals surface area contributed by atoms with Gasteiger partial charge >= 0.3 is 0 Å². The monoisotopic (exact) mass is 571 g/mol. The Morgan fingerprint density at radius 2 is 1.76 bits per heavy atom. The number of aromatic nitrogens is 2. The Kier molecular flexibility index (Phi) is 7.88. The SMILES string of the molecule is CCCCc1nc2ccc(C(C)C)cc2c(=O)n1Cc1ccc(-c2ccccc2S(=O)(=O)NC(=O)C2(C)CC2)cc1. The third-order valence-corrected chi connectivity index (χ3v) is 9.42. The van der Waals surface area contributed by atoms with Crippen molar-refractivity contribution < 1.29 is 13.2 Å². The van der Waals surface area contributed by atoms with Gasteiger partial charge in [-0.2, -0.15) is 0 Å². The van der Waals surface area contributed by atoms with Gasteiger partial charge in [0.15, 0.2) is 0 Å². The smallest absolute Gasteiger partial charge is 0.264 e. The number of nitrogens with zero attached hydrogens (tertiary/aromatic N) is 2. The van der Waals surface area contributed by atoms with Crippen LogP contribution in [0, 0.1) is 5.41 Å². The molecule has 0 atom stereocenters. The lowest BCUT2D eigenvalue weighted by atomic mass is 10.0. The fourth-order valence-electron chi connectivity index (χ4n) is 4.96. The predicted molar refractivity (Wildman–Crippen MR) is 162 cm³/mol. The van der Waals surface area contributed by atoms with Crippen molar-refractivity contribution in [2.24, 2.45) is 5.41 Å². The molecular formula is C33H37N3O4S. The van der Waals surface area contributed by atoms with E-state index in [9.17, 15) is 18.0 Å². The first-order valence-corrected chi connectivity index (χ1v) is 15.8. The van der Waals surface area contributed by atoms with Crippen molar-refractivity contribution in [2.45, 2.75) is 77.2 Å². The molecule has 1 fully saturated rings. The van der Waals surface area contributed by atoms with E-state index < -0.39 is 21.3 Å². The van der Waals surface area contributed by atoms with E-state index in [-0.39, 0.29) is 10.5 Å². The molecule has 214 valence electrons. The quantitative estimate of drug-likeness (QED) is 0.245. The molecule has 3 aromatic carbocycles. The van der Waals surface area contributed by atoms with Crippen molar-refractivity contribution >= 4 is 26.8 Å². The van der Waals surface area contributed by atoms with Gasteiger partial charge in [0.2, 0.25) is 5.91 Å². The molecule has 1 saturated carbocycles. The first kappa shape index (κ1) is 28.7. The number of carbonyl (C=O) groups is 1. The maximum Gasteiger partial charge on any atom is 0.264 e. The molecule has 1 heterocycles. The van der Waals surface area contributed by atoms with Crippen LogP contribution in [0.2, 0.25) is 0 Å². The van der Waals surface area contributed by atoms with E-state index >= 15 is 0 Å². The van der Waals surface area contributed by atoms with Crippen LogP contribution in [0.1, 0.15) is 76.2 Å². The van der Waals surface area contributed by atoms with Crippen molar-refractivity contribution in [3.8, 4) is 11.1 Å². The zero-order chi connectivity index (χ0) is 29.4. The van der Waals surface area contributed by atoms with Crippen LogP contribution in [0.15, 0.2) is 76.4 Å². The minimum atomic E-state index is -4.04. The van der Waals surface area contributed by atoms with Crippen LogP contribution >= 0.6 is 0 Å². The molecule has 1 amide bonds. The van der Waals surface area contributed by atoms with Crippen LogP contribution in [0.5, 0.6) is 0 Å². The molecule has 0 unspecified atom stereocenters. The lowest BCUT2D eigenvalue weighted by molar-refractivity contribution is -0.123. The summed E-state index contributed by atoms with van der Waals surface area (Å²) in [6.07, 6.45) is 4.01. The van der Waals surface area contributed by atoms with E-state index in [2.05, 4.69) is 25.5 Å². The summed E-state index contributed by atoms with van der Waals surface area (Å²) < 4.78 is 30.4. The van der Waals surface area contributed by atoms with E-state index in [1.807, 2.05) is 42.5 Å². The third kappa shape index (κ3) is 5.98. The Bertz CT molecular complexity index is 1770. The van der Waals surface area contributed by atoms with E-state index in [0.29, 0.717) is 48.2 Å². The summed E-state index contributed by atoms with van der Waals surface area (Å²) in [6.45, 7) is 8.47. The van der Waals surface area contributed by atoms with Crippen LogP contribution in [0.25, 0.3) is 22.0 Å². The first-order chi connectivity index (χ1) is 19.5. The molecule has 41 heavy (non-hydrogen) atoms. The Morgan fingerprint density at radius 1 is 1.05 bits per heavy atom. The van der Waals surface area contributed by atoms with Crippen molar-refractivity contribution in [3.05, 3.63) is 94.0 Å². The molecule has 0 bridgehead atoms. The van der Waals surface area contributed by atoms with Crippen LogP contribution in [0.3, 0.4) is 0 Å². The van der Waals surface area contributed by atoms with Gasteiger partial charge in [0.05, 0.1) is 22.3 Å². The highest BCUT2D eigenvalue weighted by molar-refractivity contribution is 7.90. The molecular weight excluding hydrogens is 534 g/mol. The van der Waals surface area contributed by atoms with Gasteiger partial charge in [-0.25, -0.2) is 18.1 Å². The Morgan fingerprint density at radius 3 is 2.41 bits per heavy atom. The summed E-state index contributed by atoms with van der Waals surface area (Å²) in [5.74, 6) is 0.607. The predicted octanol–water partition coefficient (Wildman–Crippen LogP) is 6.18. The standard InChI is InChI=1S/C33H37N3O4S/c1-5-6-11-30-34-28-17-16-25(22(2)3)20-27(28)31(37)36(30)21-23-12-14-24(15-13-23)26-9-7-8-10-29(26)41(39,40)35-32(38)33(4)18-19-33/h7-10,12-17,20,22H,5-6,11,18-19,21H2,1-4H3,(H,35,38). The zero-order valence-electron chi connectivity index (χ0n) is 24.1. The lowest BCUT2D eigenvalue weighted by Gasteiger charge is -2.16. The van der Waals surface area contributed by atoms with E-state index in [1.165, 1.54) is 6.07 Å². The van der Waals surface area contributed by atoms with Gasteiger partial charge < -0.3 is 0 Å². The molecule has 0 saturated heterocycles. The second kappa shape index (κ2) is 11.2. The van der Waals surface area contributed by atoms with Crippen LogP contribution in [-0.2, 0) is 27.8 Å². The molecule has 7 nitrogen and oxygen atoms in total. The van der Waals surface area contributed by atoms with Gasteiger partial charge in [-0.1, -0.05) is 82.6 Å².